The number of hydrogen-bond donors (Lipinski definition) is 1. The van der Waals surface area contributed by atoms with E-state index < -0.39 is 0 Å². The summed E-state index contributed by atoms with van der Waals surface area (Å²) in [5.41, 5.74) is 0. The first kappa shape index (κ1) is 20.0. The first-order valence-corrected chi connectivity index (χ1v) is 13.1. The van der Waals surface area contributed by atoms with E-state index in [1.54, 1.807) is 0 Å². The van der Waals surface area contributed by atoms with Gasteiger partial charge in [0.1, 0.15) is 0 Å². The maximum absolute atomic E-state index is 10.6. The van der Waals surface area contributed by atoms with Gasteiger partial charge in [0.2, 0.25) is 0 Å². The Hall–Kier alpha value is 0.999. The Balaban J connectivity index is 4.16. The van der Waals surface area contributed by atoms with Crippen LogP contribution in [0.2, 0.25) is 14.9 Å². The fourth-order valence-corrected chi connectivity index (χ4v) is 7.77. The van der Waals surface area contributed by atoms with Gasteiger partial charge in [-0.1, -0.05) is 0 Å². The van der Waals surface area contributed by atoms with Crippen LogP contribution in [0.25, 0.3) is 0 Å². The van der Waals surface area contributed by atoms with Gasteiger partial charge in [0, 0.05) is 0 Å². The van der Waals surface area contributed by atoms with Gasteiger partial charge in [-0.3, -0.25) is 0 Å². The molecule has 0 aliphatic heterocycles. The molecular formula is C16H34OSe2. The first-order valence-electron chi connectivity index (χ1n) is 7.95. The Morgan fingerprint density at radius 2 is 1.37 bits per heavy atom. The Bertz CT molecular complexity index is 193. The van der Waals surface area contributed by atoms with Crippen molar-refractivity contribution < 1.29 is 5.11 Å². The summed E-state index contributed by atoms with van der Waals surface area (Å²) in [5.74, 6) is 4.68. The summed E-state index contributed by atoms with van der Waals surface area (Å²) in [7, 11) is 0. The standard InChI is InChI=1S/C16H34OSe2/c1-5-7-9-11-13-15(17)16(18-3,19-4)14-12-10-8-6-2/h15,17H,5-14H2,1-4H3. The fourth-order valence-electron chi connectivity index (χ4n) is 2.51. The molecule has 0 bridgehead atoms. The molecule has 116 valence electrons. The van der Waals surface area contributed by atoms with E-state index in [4.69, 9.17) is 0 Å². The average Bonchev–Trinajstić information content (AvgIpc) is 2.44. The number of hydrogen-bond acceptors (Lipinski definition) is 1. The van der Waals surface area contributed by atoms with Gasteiger partial charge < -0.3 is 0 Å². The van der Waals surface area contributed by atoms with Crippen molar-refractivity contribution in [2.45, 2.75) is 99.0 Å². The SMILES string of the molecule is CCCCCCC(O)C(CCCCCC)([Se]C)[Se]C. The van der Waals surface area contributed by atoms with Gasteiger partial charge in [-0.05, 0) is 0 Å². The van der Waals surface area contributed by atoms with Crippen molar-refractivity contribution in [1.82, 2.24) is 0 Å². The Morgan fingerprint density at radius 3 is 1.84 bits per heavy atom. The van der Waals surface area contributed by atoms with Gasteiger partial charge in [0.15, 0.2) is 0 Å². The normalized spacial score (nSPS) is 13.7. The Morgan fingerprint density at radius 1 is 0.842 bits per heavy atom. The average molecular weight is 400 g/mol. The maximum atomic E-state index is 10.6. The molecule has 0 heterocycles. The molecular weight excluding hydrogens is 366 g/mol. The summed E-state index contributed by atoms with van der Waals surface area (Å²) in [6.07, 6.45) is 12.8. The molecule has 0 aromatic rings. The van der Waals surface area contributed by atoms with Crippen LogP contribution >= 0.6 is 0 Å². The van der Waals surface area contributed by atoms with Crippen molar-refractivity contribution >= 4 is 29.9 Å². The molecule has 1 N–H and O–H groups in total. The van der Waals surface area contributed by atoms with E-state index in [-0.39, 0.29) is 6.10 Å². The second kappa shape index (κ2) is 12.7. The third-order valence-corrected chi connectivity index (χ3v) is 12.4. The molecule has 1 unspecified atom stereocenters. The Kier molecular flexibility index (Phi) is 13.4. The topological polar surface area (TPSA) is 20.2 Å². The first-order chi connectivity index (χ1) is 9.16. The minimum atomic E-state index is -0.0269. The molecule has 0 aliphatic rings. The molecule has 0 saturated heterocycles. The second-order valence-corrected chi connectivity index (χ2v) is 11.5. The molecule has 19 heavy (non-hydrogen) atoms. The van der Waals surface area contributed by atoms with Gasteiger partial charge >= 0.3 is 134 Å². The quantitative estimate of drug-likeness (QED) is 0.344. The second-order valence-electron chi connectivity index (χ2n) is 5.40. The molecule has 0 saturated carbocycles. The van der Waals surface area contributed by atoms with Gasteiger partial charge in [-0.25, -0.2) is 0 Å². The number of unbranched alkanes of at least 4 members (excludes halogenated alkanes) is 6. The summed E-state index contributed by atoms with van der Waals surface area (Å²) >= 11 is 1.16. The molecule has 0 amide bonds. The third-order valence-electron chi connectivity index (χ3n) is 3.91. The summed E-state index contributed by atoms with van der Waals surface area (Å²) in [6.45, 7) is 4.52. The minimum absolute atomic E-state index is 0.0269. The van der Waals surface area contributed by atoms with E-state index in [1.165, 1.54) is 57.8 Å². The number of rotatable bonds is 13. The van der Waals surface area contributed by atoms with E-state index >= 15 is 0 Å². The molecule has 0 aliphatic carbocycles. The predicted octanol–water partition coefficient (Wildman–Crippen LogP) is 4.91. The van der Waals surface area contributed by atoms with Crippen molar-refractivity contribution in [3.05, 3.63) is 0 Å². The van der Waals surface area contributed by atoms with E-state index in [9.17, 15) is 5.11 Å². The van der Waals surface area contributed by atoms with E-state index in [2.05, 4.69) is 25.5 Å². The van der Waals surface area contributed by atoms with Crippen molar-refractivity contribution in [2.24, 2.45) is 0 Å². The molecule has 0 radical (unpaired) electrons. The Labute approximate surface area is 134 Å². The van der Waals surface area contributed by atoms with Crippen LogP contribution in [0.3, 0.4) is 0 Å². The van der Waals surface area contributed by atoms with E-state index in [1.807, 2.05) is 0 Å². The van der Waals surface area contributed by atoms with Gasteiger partial charge in [-0.15, -0.1) is 0 Å². The summed E-state index contributed by atoms with van der Waals surface area (Å²) in [4.78, 5) is 0. The van der Waals surface area contributed by atoms with Crippen LogP contribution in [0.5, 0.6) is 0 Å². The van der Waals surface area contributed by atoms with Crippen molar-refractivity contribution in [3.63, 3.8) is 0 Å². The van der Waals surface area contributed by atoms with Crippen molar-refractivity contribution in [3.8, 4) is 0 Å². The van der Waals surface area contributed by atoms with Crippen LogP contribution < -0.4 is 0 Å². The van der Waals surface area contributed by atoms with Crippen LogP contribution in [0.15, 0.2) is 0 Å². The van der Waals surface area contributed by atoms with Crippen LogP contribution in [-0.4, -0.2) is 41.1 Å². The number of aliphatic hydroxyl groups is 1. The summed E-state index contributed by atoms with van der Waals surface area (Å²) in [5, 5.41) is 10.6. The third kappa shape index (κ3) is 8.12. The van der Waals surface area contributed by atoms with Crippen LogP contribution in [0.4, 0.5) is 0 Å². The molecule has 0 aromatic carbocycles. The molecule has 0 fully saturated rings. The molecule has 0 aromatic heterocycles. The van der Waals surface area contributed by atoms with Crippen molar-refractivity contribution in [2.75, 3.05) is 0 Å². The molecule has 0 spiro atoms. The summed E-state index contributed by atoms with van der Waals surface area (Å²) in [6, 6.07) is 0. The van der Waals surface area contributed by atoms with Gasteiger partial charge in [0.25, 0.3) is 0 Å². The molecule has 1 nitrogen and oxygen atoms in total. The zero-order chi connectivity index (χ0) is 14.6. The predicted molar refractivity (Wildman–Crippen MR) is 89.5 cm³/mol. The molecule has 3 heteroatoms. The zero-order valence-corrected chi connectivity index (χ0v) is 16.8. The number of aliphatic hydroxyl groups excluding tert-OH is 1. The van der Waals surface area contributed by atoms with Crippen molar-refractivity contribution in [1.29, 1.82) is 0 Å². The van der Waals surface area contributed by atoms with E-state index in [0.717, 1.165) is 6.42 Å². The molecule has 0 rings (SSSR count). The van der Waals surface area contributed by atoms with E-state index in [0.29, 0.717) is 33.1 Å². The molecule has 1 atom stereocenters. The summed E-state index contributed by atoms with van der Waals surface area (Å²) < 4.78 is 0.319. The zero-order valence-electron chi connectivity index (χ0n) is 13.4. The van der Waals surface area contributed by atoms with Crippen LogP contribution in [0.1, 0.15) is 78.1 Å². The fraction of sp³-hybridized carbons (Fsp3) is 1.00. The van der Waals surface area contributed by atoms with Gasteiger partial charge in [-0.2, -0.15) is 0 Å². The monoisotopic (exact) mass is 402 g/mol. The van der Waals surface area contributed by atoms with Crippen LogP contribution in [-0.2, 0) is 0 Å². The van der Waals surface area contributed by atoms with Crippen LogP contribution in [0, 0.1) is 0 Å². The van der Waals surface area contributed by atoms with Gasteiger partial charge in [0.05, 0.1) is 0 Å².